The molecule has 0 unspecified atom stereocenters. The Balaban J connectivity index is 2.67. The molecule has 1 rings (SSSR count). The Morgan fingerprint density at radius 3 is 2.42 bits per heavy atom. The Morgan fingerprint density at radius 1 is 1.16 bits per heavy atom. The van der Waals surface area contributed by atoms with Crippen LogP contribution in [-0.4, -0.2) is 35.3 Å². The maximum atomic E-state index is 12.6. The number of rotatable bonds is 7. The SMILES string of the molecule is CNc1cc(NCCCCCO)nc(C(F)(F)F)n1. The van der Waals surface area contributed by atoms with Gasteiger partial charge in [-0.25, -0.2) is 9.97 Å². The molecule has 0 aliphatic rings. The fraction of sp³-hybridized carbons (Fsp3) is 0.636. The molecule has 0 aliphatic carbocycles. The van der Waals surface area contributed by atoms with Crippen LogP contribution in [0.4, 0.5) is 24.8 Å². The molecule has 0 atom stereocenters. The van der Waals surface area contributed by atoms with E-state index < -0.39 is 12.0 Å². The Morgan fingerprint density at radius 2 is 1.84 bits per heavy atom. The van der Waals surface area contributed by atoms with E-state index in [-0.39, 0.29) is 18.2 Å². The number of aliphatic hydroxyl groups excluding tert-OH is 1. The summed E-state index contributed by atoms with van der Waals surface area (Å²) < 4.78 is 37.7. The molecule has 1 aromatic rings. The minimum atomic E-state index is -4.57. The average Bonchev–Trinajstić information content (AvgIpc) is 2.37. The smallest absolute Gasteiger partial charge is 0.396 e. The van der Waals surface area contributed by atoms with E-state index in [4.69, 9.17) is 5.11 Å². The highest BCUT2D eigenvalue weighted by molar-refractivity contribution is 5.47. The molecule has 8 heteroatoms. The number of nitrogens with zero attached hydrogens (tertiary/aromatic N) is 2. The summed E-state index contributed by atoms with van der Waals surface area (Å²) in [6.07, 6.45) is -2.33. The van der Waals surface area contributed by atoms with Gasteiger partial charge in [0.1, 0.15) is 11.6 Å². The van der Waals surface area contributed by atoms with Gasteiger partial charge in [-0.2, -0.15) is 13.2 Å². The summed E-state index contributed by atoms with van der Waals surface area (Å²) >= 11 is 0. The summed E-state index contributed by atoms with van der Waals surface area (Å²) in [5.74, 6) is -0.923. The van der Waals surface area contributed by atoms with Gasteiger partial charge in [0.2, 0.25) is 5.82 Å². The van der Waals surface area contributed by atoms with Crippen molar-refractivity contribution in [1.82, 2.24) is 9.97 Å². The van der Waals surface area contributed by atoms with Gasteiger partial charge in [-0.1, -0.05) is 0 Å². The maximum Gasteiger partial charge on any atom is 0.451 e. The van der Waals surface area contributed by atoms with Crippen molar-refractivity contribution in [3.05, 3.63) is 11.9 Å². The monoisotopic (exact) mass is 278 g/mol. The molecule has 0 aromatic carbocycles. The summed E-state index contributed by atoms with van der Waals surface area (Å²) in [4.78, 5) is 6.79. The minimum absolute atomic E-state index is 0.111. The van der Waals surface area contributed by atoms with Crippen LogP contribution in [0.1, 0.15) is 25.1 Å². The summed E-state index contributed by atoms with van der Waals surface area (Å²) in [5, 5.41) is 14.0. The fourth-order valence-corrected chi connectivity index (χ4v) is 1.42. The third-order valence-corrected chi connectivity index (χ3v) is 2.38. The van der Waals surface area contributed by atoms with Crippen LogP contribution >= 0.6 is 0 Å². The minimum Gasteiger partial charge on any atom is -0.396 e. The first-order chi connectivity index (χ1) is 8.97. The lowest BCUT2D eigenvalue weighted by Crippen LogP contribution is -2.15. The van der Waals surface area contributed by atoms with Crippen molar-refractivity contribution in [1.29, 1.82) is 0 Å². The largest absolute Gasteiger partial charge is 0.451 e. The van der Waals surface area contributed by atoms with Crippen molar-refractivity contribution in [2.24, 2.45) is 0 Å². The van der Waals surface area contributed by atoms with Crippen molar-refractivity contribution >= 4 is 11.6 Å². The second-order valence-corrected chi connectivity index (χ2v) is 3.92. The van der Waals surface area contributed by atoms with Gasteiger partial charge in [-0.3, -0.25) is 0 Å². The molecule has 0 saturated carbocycles. The van der Waals surface area contributed by atoms with Crippen LogP contribution in [0.2, 0.25) is 0 Å². The predicted molar refractivity (Wildman–Crippen MR) is 66.0 cm³/mol. The number of hydrogen-bond donors (Lipinski definition) is 3. The lowest BCUT2D eigenvalue weighted by Gasteiger charge is -2.11. The molecule has 0 saturated heterocycles. The van der Waals surface area contributed by atoms with Gasteiger partial charge in [0, 0.05) is 26.3 Å². The van der Waals surface area contributed by atoms with E-state index in [2.05, 4.69) is 20.6 Å². The highest BCUT2D eigenvalue weighted by atomic mass is 19.4. The third-order valence-electron chi connectivity index (χ3n) is 2.38. The number of aliphatic hydroxyl groups is 1. The molecule has 1 heterocycles. The predicted octanol–water partition coefficient (Wildman–Crippen LogP) is 2.11. The van der Waals surface area contributed by atoms with Gasteiger partial charge in [-0.15, -0.1) is 0 Å². The number of unbranched alkanes of at least 4 members (excludes halogenated alkanes) is 2. The first-order valence-electron chi connectivity index (χ1n) is 5.96. The van der Waals surface area contributed by atoms with E-state index in [1.54, 1.807) is 0 Å². The first kappa shape index (κ1) is 15.5. The molecule has 0 radical (unpaired) electrons. The van der Waals surface area contributed by atoms with Crippen LogP contribution in [0.25, 0.3) is 0 Å². The summed E-state index contributed by atoms with van der Waals surface area (Å²) in [6.45, 7) is 0.618. The van der Waals surface area contributed by atoms with Crippen LogP contribution in [0.15, 0.2) is 6.07 Å². The highest BCUT2D eigenvalue weighted by Gasteiger charge is 2.35. The van der Waals surface area contributed by atoms with Gasteiger partial charge >= 0.3 is 6.18 Å². The topological polar surface area (TPSA) is 70.1 Å². The normalized spacial score (nSPS) is 11.4. The van der Waals surface area contributed by atoms with Crippen molar-refractivity contribution in [2.45, 2.75) is 25.4 Å². The zero-order valence-electron chi connectivity index (χ0n) is 10.6. The lowest BCUT2D eigenvalue weighted by atomic mass is 10.2. The van der Waals surface area contributed by atoms with Crippen LogP contribution in [0.3, 0.4) is 0 Å². The zero-order chi connectivity index (χ0) is 14.3. The van der Waals surface area contributed by atoms with Crippen LogP contribution in [0, 0.1) is 0 Å². The molecule has 0 spiro atoms. The van der Waals surface area contributed by atoms with Crippen LogP contribution in [0.5, 0.6) is 0 Å². The standard InChI is InChI=1S/C11H17F3N4O/c1-15-8-7-9(16-5-3-2-4-6-19)18-10(17-8)11(12,13)14/h7,19H,2-6H2,1H3,(H2,15,16,17,18). The molecule has 0 bridgehead atoms. The number of hydrogen-bond acceptors (Lipinski definition) is 5. The molecule has 0 fully saturated rings. The second kappa shape index (κ2) is 7.13. The Kier molecular flexibility index (Phi) is 5.81. The Hall–Kier alpha value is -1.57. The fourth-order valence-electron chi connectivity index (χ4n) is 1.42. The summed E-state index contributed by atoms with van der Waals surface area (Å²) in [7, 11) is 1.49. The highest BCUT2D eigenvalue weighted by Crippen LogP contribution is 2.28. The van der Waals surface area contributed by atoms with E-state index in [1.807, 2.05) is 0 Å². The number of halogens is 3. The summed E-state index contributed by atoms with van der Waals surface area (Å²) in [5.41, 5.74) is 0. The zero-order valence-corrected chi connectivity index (χ0v) is 10.6. The number of alkyl halides is 3. The first-order valence-corrected chi connectivity index (χ1v) is 5.96. The average molecular weight is 278 g/mol. The van der Waals surface area contributed by atoms with Crippen LogP contribution in [-0.2, 0) is 6.18 Å². The van der Waals surface area contributed by atoms with Gasteiger partial charge in [0.25, 0.3) is 0 Å². The second-order valence-electron chi connectivity index (χ2n) is 3.92. The molecule has 0 amide bonds. The lowest BCUT2D eigenvalue weighted by molar-refractivity contribution is -0.144. The molecule has 5 nitrogen and oxygen atoms in total. The number of anilines is 2. The molecular weight excluding hydrogens is 261 g/mol. The molecule has 19 heavy (non-hydrogen) atoms. The van der Waals surface area contributed by atoms with E-state index in [9.17, 15) is 13.2 Å². The van der Waals surface area contributed by atoms with Crippen LogP contribution < -0.4 is 10.6 Å². The van der Waals surface area contributed by atoms with Crippen molar-refractivity contribution in [2.75, 3.05) is 30.8 Å². The quantitative estimate of drug-likeness (QED) is 0.666. The Bertz CT molecular complexity index is 398. The molecule has 1 aromatic heterocycles. The van der Waals surface area contributed by atoms with E-state index >= 15 is 0 Å². The molecular formula is C11H17F3N4O. The van der Waals surface area contributed by atoms with E-state index in [0.717, 1.165) is 12.8 Å². The van der Waals surface area contributed by atoms with Gasteiger partial charge < -0.3 is 15.7 Å². The van der Waals surface area contributed by atoms with Crippen molar-refractivity contribution in [3.8, 4) is 0 Å². The molecule has 0 aliphatic heterocycles. The maximum absolute atomic E-state index is 12.6. The van der Waals surface area contributed by atoms with Crippen molar-refractivity contribution in [3.63, 3.8) is 0 Å². The van der Waals surface area contributed by atoms with Gasteiger partial charge in [0.15, 0.2) is 0 Å². The Labute approximate surface area is 109 Å². The van der Waals surface area contributed by atoms with Gasteiger partial charge in [0.05, 0.1) is 0 Å². The van der Waals surface area contributed by atoms with E-state index in [1.165, 1.54) is 13.1 Å². The number of nitrogens with one attached hydrogen (secondary N) is 2. The van der Waals surface area contributed by atoms with Crippen molar-refractivity contribution < 1.29 is 18.3 Å². The third kappa shape index (κ3) is 5.29. The molecule has 3 N–H and O–H groups in total. The van der Waals surface area contributed by atoms with Gasteiger partial charge in [-0.05, 0) is 19.3 Å². The van der Waals surface area contributed by atoms with E-state index in [0.29, 0.717) is 13.0 Å². The number of aromatic nitrogens is 2. The molecule has 108 valence electrons. The summed E-state index contributed by atoms with van der Waals surface area (Å²) in [6, 6.07) is 1.42.